The van der Waals surface area contributed by atoms with E-state index in [0.717, 1.165) is 0 Å². The summed E-state index contributed by atoms with van der Waals surface area (Å²) in [6.07, 6.45) is 0. The number of rotatable bonds is 6. The lowest BCUT2D eigenvalue weighted by molar-refractivity contribution is 0.372. The van der Waals surface area contributed by atoms with Crippen molar-refractivity contribution in [3.8, 4) is 11.8 Å². The largest absolute Gasteiger partial charge is 0.481 e. The molecule has 1 atom stereocenters. The van der Waals surface area contributed by atoms with E-state index in [1.807, 2.05) is 0 Å². The highest BCUT2D eigenvalue weighted by Gasteiger charge is 2.09. The predicted octanol–water partition coefficient (Wildman–Crippen LogP) is 0.889. The van der Waals surface area contributed by atoms with Crippen LogP contribution in [-0.2, 0) is 0 Å². The summed E-state index contributed by atoms with van der Waals surface area (Å²) < 4.78 is 10.1. The van der Waals surface area contributed by atoms with Crippen molar-refractivity contribution < 1.29 is 9.47 Å². The number of methoxy groups -OCH3 is 2. The molecular formula is C11H20N4O2. The van der Waals surface area contributed by atoms with Gasteiger partial charge in [0.15, 0.2) is 0 Å². The zero-order chi connectivity index (χ0) is 12.8. The van der Waals surface area contributed by atoms with E-state index in [9.17, 15) is 0 Å². The van der Waals surface area contributed by atoms with Crippen LogP contribution in [0, 0.1) is 5.92 Å². The SMILES string of the molecule is COc1cc(OC)nc(NCC(N)C(C)C)n1. The first-order valence-corrected chi connectivity index (χ1v) is 5.53. The molecule has 0 saturated carbocycles. The van der Waals surface area contributed by atoms with Crippen LogP contribution in [0.1, 0.15) is 13.8 Å². The van der Waals surface area contributed by atoms with Crippen molar-refractivity contribution in [2.75, 3.05) is 26.1 Å². The molecule has 0 aliphatic rings. The fourth-order valence-corrected chi connectivity index (χ4v) is 1.14. The standard InChI is InChI=1S/C11H20N4O2/c1-7(2)8(12)6-13-11-14-9(16-3)5-10(15-11)17-4/h5,7-8H,6,12H2,1-4H3,(H,13,14,15). The molecule has 6 nitrogen and oxygen atoms in total. The second-order valence-corrected chi connectivity index (χ2v) is 4.07. The zero-order valence-corrected chi connectivity index (χ0v) is 10.7. The average Bonchev–Trinajstić information content (AvgIpc) is 2.35. The molecule has 0 radical (unpaired) electrons. The van der Waals surface area contributed by atoms with Gasteiger partial charge >= 0.3 is 0 Å². The lowest BCUT2D eigenvalue weighted by Crippen LogP contribution is -2.34. The van der Waals surface area contributed by atoms with E-state index < -0.39 is 0 Å². The van der Waals surface area contributed by atoms with Crippen molar-refractivity contribution in [2.45, 2.75) is 19.9 Å². The van der Waals surface area contributed by atoms with Crippen molar-refractivity contribution in [2.24, 2.45) is 11.7 Å². The second kappa shape index (κ2) is 6.24. The summed E-state index contributed by atoms with van der Waals surface area (Å²) in [6, 6.07) is 1.67. The fraction of sp³-hybridized carbons (Fsp3) is 0.636. The van der Waals surface area contributed by atoms with Gasteiger partial charge in [-0.1, -0.05) is 13.8 Å². The summed E-state index contributed by atoms with van der Waals surface area (Å²) in [6.45, 7) is 4.74. The van der Waals surface area contributed by atoms with Crippen molar-refractivity contribution >= 4 is 5.95 Å². The van der Waals surface area contributed by atoms with Crippen LogP contribution in [0.25, 0.3) is 0 Å². The van der Waals surface area contributed by atoms with E-state index in [2.05, 4.69) is 29.1 Å². The molecule has 0 bridgehead atoms. The summed E-state index contributed by atoms with van der Waals surface area (Å²) >= 11 is 0. The maximum atomic E-state index is 5.92. The molecule has 96 valence electrons. The Bertz CT molecular complexity index is 335. The molecule has 0 amide bonds. The van der Waals surface area contributed by atoms with Crippen LogP contribution in [0.3, 0.4) is 0 Å². The Morgan fingerprint density at radius 2 is 1.76 bits per heavy atom. The van der Waals surface area contributed by atoms with E-state index >= 15 is 0 Å². The summed E-state index contributed by atoms with van der Waals surface area (Å²) in [5.41, 5.74) is 5.92. The first-order chi connectivity index (χ1) is 8.06. The average molecular weight is 240 g/mol. The Morgan fingerprint density at radius 1 is 1.24 bits per heavy atom. The molecule has 3 N–H and O–H groups in total. The molecule has 17 heavy (non-hydrogen) atoms. The summed E-state index contributed by atoms with van der Waals surface area (Å²) in [5.74, 6) is 1.77. The number of nitrogens with one attached hydrogen (secondary N) is 1. The van der Waals surface area contributed by atoms with Gasteiger partial charge in [-0.05, 0) is 5.92 Å². The molecule has 1 aromatic rings. The first-order valence-electron chi connectivity index (χ1n) is 5.53. The number of nitrogens with two attached hydrogens (primary N) is 1. The normalized spacial score (nSPS) is 12.4. The Labute approximate surface area is 102 Å². The van der Waals surface area contributed by atoms with Crippen molar-refractivity contribution in [3.63, 3.8) is 0 Å². The Hall–Kier alpha value is -1.56. The van der Waals surface area contributed by atoms with Gasteiger partial charge in [-0.25, -0.2) is 0 Å². The minimum Gasteiger partial charge on any atom is -0.481 e. The molecule has 1 rings (SSSR count). The van der Waals surface area contributed by atoms with Crippen LogP contribution in [0.4, 0.5) is 5.95 Å². The third-order valence-corrected chi connectivity index (χ3v) is 2.45. The van der Waals surface area contributed by atoms with Gasteiger partial charge in [-0.15, -0.1) is 0 Å². The van der Waals surface area contributed by atoms with Gasteiger partial charge in [0.25, 0.3) is 0 Å². The monoisotopic (exact) mass is 240 g/mol. The molecule has 0 spiro atoms. The Balaban J connectivity index is 2.70. The molecule has 0 aliphatic carbocycles. The first kappa shape index (κ1) is 13.5. The number of ether oxygens (including phenoxy) is 2. The van der Waals surface area contributed by atoms with Gasteiger partial charge in [-0.2, -0.15) is 9.97 Å². The number of nitrogens with zero attached hydrogens (tertiary/aromatic N) is 2. The maximum Gasteiger partial charge on any atom is 0.229 e. The molecule has 1 aromatic heterocycles. The predicted molar refractivity (Wildman–Crippen MR) is 66.4 cm³/mol. The number of hydrogen-bond donors (Lipinski definition) is 2. The van der Waals surface area contributed by atoms with Gasteiger partial charge in [0.2, 0.25) is 17.7 Å². The van der Waals surface area contributed by atoms with Gasteiger partial charge in [0.1, 0.15) is 0 Å². The van der Waals surface area contributed by atoms with Gasteiger partial charge in [0.05, 0.1) is 20.3 Å². The number of anilines is 1. The fourth-order valence-electron chi connectivity index (χ4n) is 1.14. The van der Waals surface area contributed by atoms with Crippen LogP contribution in [0.5, 0.6) is 11.8 Å². The Morgan fingerprint density at radius 3 is 2.18 bits per heavy atom. The Kier molecular flexibility index (Phi) is 4.96. The minimum atomic E-state index is 0.0517. The van der Waals surface area contributed by atoms with Crippen molar-refractivity contribution in [1.29, 1.82) is 0 Å². The highest BCUT2D eigenvalue weighted by Crippen LogP contribution is 2.17. The van der Waals surface area contributed by atoms with Crippen LogP contribution in [-0.4, -0.2) is 36.8 Å². The van der Waals surface area contributed by atoms with Crippen molar-refractivity contribution in [3.05, 3.63) is 6.07 Å². The quantitative estimate of drug-likeness (QED) is 0.768. The zero-order valence-electron chi connectivity index (χ0n) is 10.7. The van der Waals surface area contributed by atoms with Gasteiger partial charge < -0.3 is 20.5 Å². The molecular weight excluding hydrogens is 220 g/mol. The van der Waals surface area contributed by atoms with E-state index in [-0.39, 0.29) is 6.04 Å². The topological polar surface area (TPSA) is 82.3 Å². The maximum absolute atomic E-state index is 5.92. The minimum absolute atomic E-state index is 0.0517. The number of hydrogen-bond acceptors (Lipinski definition) is 6. The molecule has 6 heteroatoms. The summed E-state index contributed by atoms with van der Waals surface area (Å²) in [4.78, 5) is 8.30. The lowest BCUT2D eigenvalue weighted by Gasteiger charge is -2.16. The van der Waals surface area contributed by atoms with Crippen LogP contribution < -0.4 is 20.5 Å². The highest BCUT2D eigenvalue weighted by molar-refractivity contribution is 5.33. The highest BCUT2D eigenvalue weighted by atomic mass is 16.5. The van der Waals surface area contributed by atoms with E-state index in [0.29, 0.717) is 30.2 Å². The van der Waals surface area contributed by atoms with E-state index in [4.69, 9.17) is 15.2 Å². The third kappa shape index (κ3) is 4.07. The van der Waals surface area contributed by atoms with Crippen LogP contribution in [0.15, 0.2) is 6.07 Å². The van der Waals surface area contributed by atoms with Crippen LogP contribution in [0.2, 0.25) is 0 Å². The molecule has 0 aromatic carbocycles. The van der Waals surface area contributed by atoms with E-state index in [1.54, 1.807) is 20.3 Å². The molecule has 0 saturated heterocycles. The molecule has 1 heterocycles. The van der Waals surface area contributed by atoms with E-state index in [1.165, 1.54) is 0 Å². The lowest BCUT2D eigenvalue weighted by atomic mass is 10.1. The van der Waals surface area contributed by atoms with Crippen LogP contribution >= 0.6 is 0 Å². The summed E-state index contributed by atoms with van der Waals surface area (Å²) in [5, 5.41) is 3.07. The molecule has 0 aliphatic heterocycles. The van der Waals surface area contributed by atoms with Gasteiger partial charge in [0, 0.05) is 12.6 Å². The second-order valence-electron chi connectivity index (χ2n) is 4.07. The molecule has 1 unspecified atom stereocenters. The summed E-state index contributed by atoms with van der Waals surface area (Å²) in [7, 11) is 3.09. The smallest absolute Gasteiger partial charge is 0.229 e. The number of aromatic nitrogens is 2. The third-order valence-electron chi connectivity index (χ3n) is 2.45. The van der Waals surface area contributed by atoms with Crippen molar-refractivity contribution in [1.82, 2.24) is 9.97 Å². The van der Waals surface area contributed by atoms with Gasteiger partial charge in [-0.3, -0.25) is 0 Å². The molecule has 0 fully saturated rings.